The van der Waals surface area contributed by atoms with Crippen LogP contribution in [0.5, 0.6) is 0 Å². The molecule has 0 unspecified atom stereocenters. The monoisotopic (exact) mass is 194 g/mol. The van der Waals surface area contributed by atoms with E-state index in [1.54, 1.807) is 0 Å². The van der Waals surface area contributed by atoms with Crippen LogP contribution in [-0.2, 0) is 6.42 Å². The van der Waals surface area contributed by atoms with Crippen molar-refractivity contribution in [1.29, 1.82) is 0 Å². The first kappa shape index (κ1) is 10.3. The number of hydrogen-bond donors (Lipinski definition) is 1. The van der Waals surface area contributed by atoms with Crippen LogP contribution < -0.4 is 0 Å². The Morgan fingerprint density at radius 1 is 1.31 bits per heavy atom. The molecule has 1 rings (SSSR count). The zero-order valence-electron chi connectivity index (χ0n) is 7.79. The minimum Gasteiger partial charge on any atom is -0.282 e. The van der Waals surface area contributed by atoms with E-state index < -0.39 is 0 Å². The SMILES string of the molecule is CCCCc1ccc(C(=O)S)cc1. The molecule has 0 radical (unpaired) electrons. The number of carbonyl (C=O) groups is 1. The zero-order valence-corrected chi connectivity index (χ0v) is 8.68. The first-order valence-corrected chi connectivity index (χ1v) is 5.01. The highest BCUT2D eigenvalue weighted by atomic mass is 32.1. The van der Waals surface area contributed by atoms with Crippen LogP contribution in [0.15, 0.2) is 24.3 Å². The lowest BCUT2D eigenvalue weighted by atomic mass is 10.1. The molecule has 0 atom stereocenters. The fraction of sp³-hybridized carbons (Fsp3) is 0.364. The lowest BCUT2D eigenvalue weighted by Crippen LogP contribution is -1.90. The summed E-state index contributed by atoms with van der Waals surface area (Å²) in [6, 6.07) is 7.67. The van der Waals surface area contributed by atoms with Crippen molar-refractivity contribution >= 4 is 17.7 Å². The highest BCUT2D eigenvalue weighted by Crippen LogP contribution is 2.09. The van der Waals surface area contributed by atoms with Gasteiger partial charge in [-0.05, 0) is 18.4 Å². The molecule has 0 heterocycles. The molecular formula is C11H14OS. The number of carbonyl (C=O) groups excluding carboxylic acids is 1. The van der Waals surface area contributed by atoms with Gasteiger partial charge < -0.3 is 0 Å². The van der Waals surface area contributed by atoms with E-state index in [1.165, 1.54) is 18.4 Å². The lowest BCUT2D eigenvalue weighted by Gasteiger charge is -2.00. The van der Waals surface area contributed by atoms with Crippen LogP contribution in [-0.4, -0.2) is 5.12 Å². The third-order valence-electron chi connectivity index (χ3n) is 2.02. The van der Waals surface area contributed by atoms with Gasteiger partial charge in [0.15, 0.2) is 0 Å². The Morgan fingerprint density at radius 3 is 2.38 bits per heavy atom. The Labute approximate surface area is 84.6 Å². The molecular weight excluding hydrogens is 180 g/mol. The maximum absolute atomic E-state index is 10.8. The van der Waals surface area contributed by atoms with Crippen LogP contribution in [0.1, 0.15) is 35.7 Å². The van der Waals surface area contributed by atoms with Crippen molar-refractivity contribution in [3.8, 4) is 0 Å². The summed E-state index contributed by atoms with van der Waals surface area (Å²) in [7, 11) is 0. The molecule has 0 saturated heterocycles. The van der Waals surface area contributed by atoms with Crippen LogP contribution in [0.25, 0.3) is 0 Å². The summed E-state index contributed by atoms with van der Waals surface area (Å²) in [6.07, 6.45) is 3.50. The van der Waals surface area contributed by atoms with Gasteiger partial charge in [0.25, 0.3) is 0 Å². The molecule has 0 saturated carbocycles. The highest BCUT2D eigenvalue weighted by molar-refractivity contribution is 7.97. The maximum Gasteiger partial charge on any atom is 0.216 e. The number of unbranched alkanes of at least 4 members (excludes halogenated alkanes) is 1. The van der Waals surface area contributed by atoms with Crippen LogP contribution >= 0.6 is 12.6 Å². The molecule has 0 aliphatic heterocycles. The molecule has 0 aliphatic rings. The minimum atomic E-state index is -0.165. The fourth-order valence-corrected chi connectivity index (χ4v) is 1.34. The van der Waals surface area contributed by atoms with Crippen molar-refractivity contribution in [1.82, 2.24) is 0 Å². The molecule has 1 aromatic rings. The van der Waals surface area contributed by atoms with Gasteiger partial charge in [-0.15, -0.1) is 12.6 Å². The summed E-state index contributed by atoms with van der Waals surface area (Å²) < 4.78 is 0. The Bertz CT molecular complexity index is 277. The average Bonchev–Trinajstić information content (AvgIpc) is 2.15. The number of rotatable bonds is 4. The summed E-state index contributed by atoms with van der Waals surface area (Å²) in [5, 5.41) is -0.165. The minimum absolute atomic E-state index is 0.165. The van der Waals surface area contributed by atoms with Gasteiger partial charge >= 0.3 is 0 Å². The standard InChI is InChI=1S/C11H14OS/c1-2-3-4-9-5-7-10(8-6-9)11(12)13/h5-8H,2-4H2,1H3,(H,12,13). The molecule has 0 spiro atoms. The molecule has 0 amide bonds. The second kappa shape index (κ2) is 5.07. The first-order chi connectivity index (χ1) is 6.24. The summed E-state index contributed by atoms with van der Waals surface area (Å²) in [5.41, 5.74) is 1.96. The number of benzene rings is 1. The summed E-state index contributed by atoms with van der Waals surface area (Å²) in [4.78, 5) is 10.8. The Morgan fingerprint density at radius 2 is 1.92 bits per heavy atom. The molecule has 13 heavy (non-hydrogen) atoms. The third-order valence-corrected chi connectivity index (χ3v) is 2.28. The molecule has 1 nitrogen and oxygen atoms in total. The van der Waals surface area contributed by atoms with Crippen molar-refractivity contribution in [2.45, 2.75) is 26.2 Å². The summed E-state index contributed by atoms with van der Waals surface area (Å²) in [6.45, 7) is 2.17. The molecule has 0 aromatic heterocycles. The van der Waals surface area contributed by atoms with E-state index in [1.807, 2.05) is 24.3 Å². The van der Waals surface area contributed by atoms with E-state index in [2.05, 4.69) is 19.6 Å². The van der Waals surface area contributed by atoms with E-state index in [-0.39, 0.29) is 5.12 Å². The van der Waals surface area contributed by atoms with Gasteiger partial charge in [0, 0.05) is 5.56 Å². The molecule has 1 aromatic carbocycles. The molecule has 0 N–H and O–H groups in total. The van der Waals surface area contributed by atoms with Gasteiger partial charge in [-0.1, -0.05) is 37.6 Å². The Balaban J connectivity index is 2.64. The van der Waals surface area contributed by atoms with Crippen molar-refractivity contribution < 1.29 is 4.79 Å². The Kier molecular flexibility index (Phi) is 4.03. The van der Waals surface area contributed by atoms with Crippen LogP contribution in [0.4, 0.5) is 0 Å². The molecule has 0 fully saturated rings. The molecule has 2 heteroatoms. The van der Waals surface area contributed by atoms with E-state index >= 15 is 0 Å². The van der Waals surface area contributed by atoms with Gasteiger partial charge in [0.1, 0.15) is 0 Å². The van der Waals surface area contributed by atoms with E-state index in [0.29, 0.717) is 5.56 Å². The first-order valence-electron chi connectivity index (χ1n) is 4.56. The van der Waals surface area contributed by atoms with Crippen LogP contribution in [0, 0.1) is 0 Å². The number of aryl methyl sites for hydroxylation is 1. The third kappa shape index (κ3) is 3.23. The van der Waals surface area contributed by atoms with Crippen molar-refractivity contribution in [2.75, 3.05) is 0 Å². The molecule has 0 aliphatic carbocycles. The van der Waals surface area contributed by atoms with Crippen molar-refractivity contribution in [3.05, 3.63) is 35.4 Å². The fourth-order valence-electron chi connectivity index (χ4n) is 1.19. The van der Waals surface area contributed by atoms with Crippen LogP contribution in [0.3, 0.4) is 0 Å². The molecule has 70 valence electrons. The number of thiol groups is 1. The van der Waals surface area contributed by atoms with E-state index in [0.717, 1.165) is 6.42 Å². The van der Waals surface area contributed by atoms with Crippen LogP contribution in [0.2, 0.25) is 0 Å². The zero-order chi connectivity index (χ0) is 9.68. The van der Waals surface area contributed by atoms with Gasteiger partial charge in [-0.2, -0.15) is 0 Å². The quantitative estimate of drug-likeness (QED) is 0.729. The van der Waals surface area contributed by atoms with Crippen molar-refractivity contribution in [3.63, 3.8) is 0 Å². The predicted octanol–water partition coefficient (Wildman–Crippen LogP) is 3.10. The maximum atomic E-state index is 10.8. The van der Waals surface area contributed by atoms with Gasteiger partial charge in [0.05, 0.1) is 0 Å². The predicted molar refractivity (Wildman–Crippen MR) is 58.4 cm³/mol. The smallest absolute Gasteiger partial charge is 0.216 e. The van der Waals surface area contributed by atoms with Gasteiger partial charge in [0.2, 0.25) is 5.12 Å². The normalized spacial score (nSPS) is 10.0. The van der Waals surface area contributed by atoms with E-state index in [4.69, 9.17) is 0 Å². The average molecular weight is 194 g/mol. The van der Waals surface area contributed by atoms with E-state index in [9.17, 15) is 4.79 Å². The van der Waals surface area contributed by atoms with Crippen molar-refractivity contribution in [2.24, 2.45) is 0 Å². The van der Waals surface area contributed by atoms with Gasteiger partial charge in [-0.25, -0.2) is 0 Å². The lowest BCUT2D eigenvalue weighted by molar-refractivity contribution is 0.109. The second-order valence-electron chi connectivity index (χ2n) is 3.11. The summed E-state index contributed by atoms with van der Waals surface area (Å²) in [5.74, 6) is 0. The summed E-state index contributed by atoms with van der Waals surface area (Å²) >= 11 is 3.75. The highest BCUT2D eigenvalue weighted by Gasteiger charge is 1.98. The largest absolute Gasteiger partial charge is 0.282 e. The van der Waals surface area contributed by atoms with Gasteiger partial charge in [-0.3, -0.25) is 4.79 Å². The Hall–Kier alpha value is -0.760. The molecule has 0 bridgehead atoms. The number of hydrogen-bond acceptors (Lipinski definition) is 1. The second-order valence-corrected chi connectivity index (χ2v) is 3.51. The topological polar surface area (TPSA) is 17.1 Å².